The number of carbonyl (C=O) groups is 2. The number of rotatable bonds is 7. The molecule has 0 spiro atoms. The molecule has 2 fully saturated rings. The maximum Gasteiger partial charge on any atom is 0.253 e. The third-order valence-electron chi connectivity index (χ3n) is 5.26. The van der Waals surface area contributed by atoms with Gasteiger partial charge in [-0.25, -0.2) is 4.39 Å². The van der Waals surface area contributed by atoms with Crippen molar-refractivity contribution in [1.82, 2.24) is 10.2 Å². The SMILES string of the molecule is CC(C)CC(=O)Nc1ccc(C(=O)N2CCC(NCC3CC3)CC2)cc1F.Cl. The molecule has 28 heavy (non-hydrogen) atoms. The number of benzene rings is 1. The Labute approximate surface area is 172 Å². The van der Waals surface area contributed by atoms with Crippen LogP contribution in [-0.2, 0) is 4.79 Å². The van der Waals surface area contributed by atoms with Gasteiger partial charge in [0, 0.05) is 31.1 Å². The Morgan fingerprint density at radius 3 is 2.43 bits per heavy atom. The summed E-state index contributed by atoms with van der Waals surface area (Å²) in [6.07, 6.45) is 4.88. The normalized spacial score (nSPS) is 17.4. The molecule has 1 aliphatic heterocycles. The van der Waals surface area contributed by atoms with Crippen molar-refractivity contribution >= 4 is 29.9 Å². The molecule has 0 atom stereocenters. The van der Waals surface area contributed by atoms with E-state index in [1.54, 1.807) is 11.0 Å². The lowest BCUT2D eigenvalue weighted by molar-refractivity contribution is -0.116. The highest BCUT2D eigenvalue weighted by atomic mass is 35.5. The molecule has 0 radical (unpaired) electrons. The molecular formula is C21H31ClFN3O2. The zero-order chi connectivity index (χ0) is 19.4. The van der Waals surface area contributed by atoms with E-state index in [9.17, 15) is 14.0 Å². The van der Waals surface area contributed by atoms with Gasteiger partial charge in [-0.05, 0) is 62.3 Å². The highest BCUT2D eigenvalue weighted by Crippen LogP contribution is 2.28. The Kier molecular flexibility index (Phi) is 8.25. The molecule has 3 rings (SSSR count). The molecule has 2 aliphatic rings. The molecule has 0 unspecified atom stereocenters. The Bertz CT molecular complexity index is 686. The van der Waals surface area contributed by atoms with Gasteiger partial charge in [-0.1, -0.05) is 13.8 Å². The summed E-state index contributed by atoms with van der Waals surface area (Å²) >= 11 is 0. The lowest BCUT2D eigenvalue weighted by Crippen LogP contribution is -2.45. The van der Waals surface area contributed by atoms with Crippen molar-refractivity contribution in [3.63, 3.8) is 0 Å². The van der Waals surface area contributed by atoms with Crippen LogP contribution in [0.2, 0.25) is 0 Å². The van der Waals surface area contributed by atoms with Gasteiger partial charge in [0.25, 0.3) is 5.91 Å². The van der Waals surface area contributed by atoms with E-state index < -0.39 is 5.82 Å². The van der Waals surface area contributed by atoms with Crippen molar-refractivity contribution in [3.05, 3.63) is 29.6 Å². The van der Waals surface area contributed by atoms with Gasteiger partial charge in [0.1, 0.15) is 5.82 Å². The average molecular weight is 412 g/mol. The lowest BCUT2D eigenvalue weighted by atomic mass is 10.0. The zero-order valence-corrected chi connectivity index (χ0v) is 17.5. The number of likely N-dealkylation sites (tertiary alicyclic amines) is 1. The monoisotopic (exact) mass is 411 g/mol. The van der Waals surface area contributed by atoms with Crippen molar-refractivity contribution in [2.75, 3.05) is 25.0 Å². The highest BCUT2D eigenvalue weighted by Gasteiger charge is 2.26. The summed E-state index contributed by atoms with van der Waals surface area (Å²) in [6.45, 7) is 6.34. The number of nitrogens with zero attached hydrogens (tertiary/aromatic N) is 1. The molecular weight excluding hydrogens is 381 g/mol. The van der Waals surface area contributed by atoms with Crippen LogP contribution in [-0.4, -0.2) is 42.4 Å². The van der Waals surface area contributed by atoms with Crippen molar-refractivity contribution in [2.45, 2.75) is 52.0 Å². The van der Waals surface area contributed by atoms with Crippen LogP contribution in [0.15, 0.2) is 18.2 Å². The summed E-state index contributed by atoms with van der Waals surface area (Å²) in [6, 6.07) is 4.77. The lowest BCUT2D eigenvalue weighted by Gasteiger charge is -2.32. The molecule has 1 saturated heterocycles. The summed E-state index contributed by atoms with van der Waals surface area (Å²) in [5.41, 5.74) is 0.457. The topological polar surface area (TPSA) is 61.4 Å². The third-order valence-corrected chi connectivity index (χ3v) is 5.26. The average Bonchev–Trinajstić information content (AvgIpc) is 3.45. The van der Waals surface area contributed by atoms with Crippen molar-refractivity contribution in [2.24, 2.45) is 11.8 Å². The highest BCUT2D eigenvalue weighted by molar-refractivity contribution is 5.96. The van der Waals surface area contributed by atoms with Crippen LogP contribution in [0.1, 0.15) is 56.3 Å². The third kappa shape index (κ3) is 6.45. The molecule has 1 saturated carbocycles. The van der Waals surface area contributed by atoms with Gasteiger partial charge >= 0.3 is 0 Å². The van der Waals surface area contributed by atoms with Gasteiger partial charge in [0.2, 0.25) is 5.91 Å². The van der Waals surface area contributed by atoms with E-state index in [0.717, 1.165) is 25.3 Å². The molecule has 1 aromatic rings. The van der Waals surface area contributed by atoms with Crippen LogP contribution in [0.4, 0.5) is 10.1 Å². The van der Waals surface area contributed by atoms with Crippen molar-refractivity contribution < 1.29 is 14.0 Å². The quantitative estimate of drug-likeness (QED) is 0.716. The van der Waals surface area contributed by atoms with Crippen LogP contribution in [0.5, 0.6) is 0 Å². The number of hydrogen-bond donors (Lipinski definition) is 2. The Morgan fingerprint density at radius 1 is 1.18 bits per heavy atom. The Hall–Kier alpha value is -1.66. The van der Waals surface area contributed by atoms with Crippen LogP contribution < -0.4 is 10.6 Å². The maximum absolute atomic E-state index is 14.3. The van der Waals surface area contributed by atoms with Crippen LogP contribution >= 0.6 is 12.4 Å². The van der Waals surface area contributed by atoms with Crippen molar-refractivity contribution in [3.8, 4) is 0 Å². The van der Waals surface area contributed by atoms with Crippen LogP contribution in [0.25, 0.3) is 0 Å². The van der Waals surface area contributed by atoms with Crippen LogP contribution in [0, 0.1) is 17.7 Å². The maximum atomic E-state index is 14.3. The van der Waals surface area contributed by atoms with Gasteiger partial charge in [0.05, 0.1) is 5.69 Å². The first-order chi connectivity index (χ1) is 12.9. The molecule has 0 bridgehead atoms. The molecule has 5 nitrogen and oxygen atoms in total. The van der Waals surface area contributed by atoms with Crippen molar-refractivity contribution in [1.29, 1.82) is 0 Å². The molecule has 7 heteroatoms. The Balaban J connectivity index is 0.00000280. The second kappa shape index (κ2) is 10.2. The number of piperidine rings is 1. The fourth-order valence-corrected chi connectivity index (χ4v) is 3.45. The van der Waals surface area contributed by atoms with Gasteiger partial charge < -0.3 is 15.5 Å². The number of nitrogens with one attached hydrogen (secondary N) is 2. The van der Waals surface area contributed by atoms with E-state index in [1.807, 2.05) is 13.8 Å². The van der Waals surface area contributed by atoms with Gasteiger partial charge in [-0.2, -0.15) is 0 Å². The van der Waals surface area contributed by atoms with Gasteiger partial charge in [0.15, 0.2) is 0 Å². The van der Waals surface area contributed by atoms with Gasteiger partial charge in [-0.15, -0.1) is 12.4 Å². The number of hydrogen-bond acceptors (Lipinski definition) is 3. The molecule has 1 aromatic carbocycles. The predicted molar refractivity (Wildman–Crippen MR) is 111 cm³/mol. The molecule has 0 aromatic heterocycles. The summed E-state index contributed by atoms with van der Waals surface area (Å²) in [5.74, 6) is 0.125. The fraction of sp³-hybridized carbons (Fsp3) is 0.619. The second-order valence-electron chi connectivity index (χ2n) is 8.26. The number of halogens is 2. The predicted octanol–water partition coefficient (Wildman–Crippen LogP) is 3.84. The minimum Gasteiger partial charge on any atom is -0.339 e. The standard InChI is InChI=1S/C21H30FN3O2.ClH/c1-14(2)11-20(26)24-19-6-5-16(12-18(19)22)21(27)25-9-7-17(8-10-25)23-13-15-3-4-15;/h5-6,12,14-15,17,23H,3-4,7-11,13H2,1-2H3,(H,24,26);1H. The minimum absolute atomic E-state index is 0. The smallest absolute Gasteiger partial charge is 0.253 e. The largest absolute Gasteiger partial charge is 0.339 e. The van der Waals surface area contributed by atoms with E-state index in [4.69, 9.17) is 0 Å². The fourth-order valence-electron chi connectivity index (χ4n) is 3.45. The summed E-state index contributed by atoms with van der Waals surface area (Å²) in [4.78, 5) is 26.3. The first-order valence-corrected chi connectivity index (χ1v) is 10.0. The summed E-state index contributed by atoms with van der Waals surface area (Å²) in [5, 5.41) is 6.17. The zero-order valence-electron chi connectivity index (χ0n) is 16.7. The molecule has 2 amide bonds. The molecule has 156 valence electrons. The van der Waals surface area contributed by atoms with E-state index in [-0.39, 0.29) is 35.8 Å². The molecule has 1 aliphatic carbocycles. The van der Waals surface area contributed by atoms with E-state index in [0.29, 0.717) is 31.1 Å². The summed E-state index contributed by atoms with van der Waals surface area (Å²) in [7, 11) is 0. The van der Waals surface area contributed by atoms with E-state index in [2.05, 4.69) is 10.6 Å². The number of anilines is 1. The second-order valence-corrected chi connectivity index (χ2v) is 8.26. The van der Waals surface area contributed by atoms with E-state index >= 15 is 0 Å². The van der Waals surface area contributed by atoms with Gasteiger partial charge in [-0.3, -0.25) is 9.59 Å². The number of amides is 2. The van der Waals surface area contributed by atoms with E-state index in [1.165, 1.54) is 25.0 Å². The molecule has 1 heterocycles. The summed E-state index contributed by atoms with van der Waals surface area (Å²) < 4.78 is 14.3. The number of carbonyl (C=O) groups excluding carboxylic acids is 2. The molecule has 2 N–H and O–H groups in total. The minimum atomic E-state index is -0.570. The van der Waals surface area contributed by atoms with Crippen LogP contribution in [0.3, 0.4) is 0 Å². The Morgan fingerprint density at radius 2 is 1.86 bits per heavy atom. The first kappa shape index (κ1) is 22.6. The first-order valence-electron chi connectivity index (χ1n) is 10.0.